The fourth-order valence-corrected chi connectivity index (χ4v) is 3.75. The van der Waals surface area contributed by atoms with Gasteiger partial charge in [0.05, 0.1) is 9.83 Å². The Bertz CT molecular complexity index is 1010. The SMILES string of the molecule is Cc1cc([N+](=O)[O-])ccc1-c1ccc(/C=C2/SC(=S)N(CC(=O)O)C2=O)o1. The molecule has 1 N–H and O–H groups in total. The highest BCUT2D eigenvalue weighted by molar-refractivity contribution is 8.26. The Morgan fingerprint density at radius 1 is 1.41 bits per heavy atom. The lowest BCUT2D eigenvalue weighted by molar-refractivity contribution is -0.384. The van der Waals surface area contributed by atoms with Crippen LogP contribution in [-0.4, -0.2) is 37.7 Å². The zero-order valence-corrected chi connectivity index (χ0v) is 15.5. The number of aryl methyl sites for hydroxylation is 1. The normalized spacial score (nSPS) is 15.6. The van der Waals surface area contributed by atoms with Gasteiger partial charge < -0.3 is 9.52 Å². The Morgan fingerprint density at radius 2 is 2.15 bits per heavy atom. The van der Waals surface area contributed by atoms with Crippen LogP contribution in [0, 0.1) is 17.0 Å². The van der Waals surface area contributed by atoms with Crippen molar-refractivity contribution in [3.8, 4) is 11.3 Å². The summed E-state index contributed by atoms with van der Waals surface area (Å²) in [6.07, 6.45) is 1.49. The van der Waals surface area contributed by atoms with E-state index in [4.69, 9.17) is 21.7 Å². The number of nitrogens with zero attached hydrogens (tertiary/aromatic N) is 2. The molecule has 27 heavy (non-hydrogen) atoms. The van der Waals surface area contributed by atoms with Crippen molar-refractivity contribution < 1.29 is 24.0 Å². The molecule has 0 spiro atoms. The molecule has 0 atom stereocenters. The van der Waals surface area contributed by atoms with Crippen molar-refractivity contribution in [2.75, 3.05) is 6.54 Å². The van der Waals surface area contributed by atoms with Crippen LogP contribution in [-0.2, 0) is 9.59 Å². The minimum Gasteiger partial charge on any atom is -0.480 e. The molecule has 2 heterocycles. The standard InChI is InChI=1S/C17H12N2O6S2/c1-9-6-10(19(23)24)2-4-12(9)13-5-3-11(25-13)7-14-16(22)18(8-15(20)21)17(26)27-14/h2-7H,8H2,1H3,(H,20,21)/b14-7+. The van der Waals surface area contributed by atoms with Crippen LogP contribution in [0.15, 0.2) is 39.7 Å². The van der Waals surface area contributed by atoms with Gasteiger partial charge in [-0.25, -0.2) is 0 Å². The highest BCUT2D eigenvalue weighted by Crippen LogP contribution is 2.34. The van der Waals surface area contributed by atoms with Crippen LogP contribution in [0.5, 0.6) is 0 Å². The molecule has 1 amide bonds. The molecule has 10 heteroatoms. The summed E-state index contributed by atoms with van der Waals surface area (Å²) < 4.78 is 5.90. The molecule has 0 saturated carbocycles. The lowest BCUT2D eigenvalue weighted by Gasteiger charge is -2.09. The van der Waals surface area contributed by atoms with Crippen LogP contribution < -0.4 is 0 Å². The predicted molar refractivity (Wildman–Crippen MR) is 103 cm³/mol. The molecule has 1 saturated heterocycles. The largest absolute Gasteiger partial charge is 0.480 e. The molecule has 0 radical (unpaired) electrons. The number of benzene rings is 1. The summed E-state index contributed by atoms with van der Waals surface area (Å²) >= 11 is 6.04. The van der Waals surface area contributed by atoms with Gasteiger partial charge in [0.1, 0.15) is 22.4 Å². The molecule has 1 aromatic heterocycles. The number of thioether (sulfide) groups is 1. The number of non-ortho nitro benzene ring substituents is 1. The van der Waals surface area contributed by atoms with Crippen molar-refractivity contribution in [2.45, 2.75) is 6.92 Å². The summed E-state index contributed by atoms with van der Waals surface area (Å²) in [6.45, 7) is 1.24. The van der Waals surface area contributed by atoms with Crippen LogP contribution in [0.1, 0.15) is 11.3 Å². The van der Waals surface area contributed by atoms with Crippen molar-refractivity contribution in [3.63, 3.8) is 0 Å². The summed E-state index contributed by atoms with van der Waals surface area (Å²) in [5.74, 6) is -0.758. The van der Waals surface area contributed by atoms with Gasteiger partial charge in [-0.3, -0.25) is 24.6 Å². The summed E-state index contributed by atoms with van der Waals surface area (Å²) in [5.41, 5.74) is 1.36. The third kappa shape index (κ3) is 3.91. The van der Waals surface area contributed by atoms with Gasteiger partial charge >= 0.3 is 5.97 Å². The second-order valence-corrected chi connectivity index (χ2v) is 7.30. The average molecular weight is 404 g/mol. The van der Waals surface area contributed by atoms with Gasteiger partial charge in [-0.05, 0) is 30.7 Å². The van der Waals surface area contributed by atoms with Gasteiger partial charge in [0, 0.05) is 23.8 Å². The van der Waals surface area contributed by atoms with Crippen molar-refractivity contribution >= 4 is 51.9 Å². The van der Waals surface area contributed by atoms with E-state index in [0.29, 0.717) is 22.6 Å². The number of hydrogen-bond donors (Lipinski definition) is 1. The first-order valence-corrected chi connectivity index (χ1v) is 8.81. The van der Waals surface area contributed by atoms with Crippen LogP contribution in [0.25, 0.3) is 17.4 Å². The molecule has 138 valence electrons. The molecule has 0 aliphatic carbocycles. The molecule has 0 unspecified atom stereocenters. The second kappa shape index (κ2) is 7.33. The summed E-state index contributed by atoms with van der Waals surface area (Å²) in [4.78, 5) is 34.7. The molecular weight excluding hydrogens is 392 g/mol. The van der Waals surface area contributed by atoms with Gasteiger partial charge in [0.15, 0.2) is 0 Å². The monoisotopic (exact) mass is 404 g/mol. The number of carbonyl (C=O) groups excluding carboxylic acids is 1. The van der Waals surface area contributed by atoms with E-state index in [1.165, 1.54) is 18.2 Å². The second-order valence-electron chi connectivity index (χ2n) is 5.62. The lowest BCUT2D eigenvalue weighted by Crippen LogP contribution is -2.33. The van der Waals surface area contributed by atoms with Gasteiger partial charge in [-0.2, -0.15) is 0 Å². The van der Waals surface area contributed by atoms with Crippen molar-refractivity contribution in [1.82, 2.24) is 4.90 Å². The summed E-state index contributed by atoms with van der Waals surface area (Å²) in [7, 11) is 0. The summed E-state index contributed by atoms with van der Waals surface area (Å²) in [5, 5.41) is 19.7. The number of rotatable bonds is 5. The maximum absolute atomic E-state index is 12.3. The first kappa shape index (κ1) is 18.8. The minimum absolute atomic E-state index is 0.00913. The molecule has 8 nitrogen and oxygen atoms in total. The third-order valence-corrected chi connectivity index (χ3v) is 5.13. The van der Waals surface area contributed by atoms with Crippen LogP contribution in [0.2, 0.25) is 0 Å². The first-order chi connectivity index (χ1) is 12.8. The lowest BCUT2D eigenvalue weighted by atomic mass is 10.1. The van der Waals surface area contributed by atoms with Gasteiger partial charge in [0.25, 0.3) is 11.6 Å². The molecule has 1 aliphatic rings. The van der Waals surface area contributed by atoms with Gasteiger partial charge in [-0.15, -0.1) is 0 Å². The molecule has 2 aromatic rings. The zero-order valence-electron chi connectivity index (χ0n) is 13.9. The van der Waals surface area contributed by atoms with E-state index < -0.39 is 23.3 Å². The van der Waals surface area contributed by atoms with E-state index in [1.807, 2.05) is 0 Å². The molecule has 1 aromatic carbocycles. The number of carboxylic acid groups (broad SMARTS) is 1. The fourth-order valence-electron chi connectivity index (χ4n) is 2.51. The molecule has 1 fully saturated rings. The van der Waals surface area contributed by atoms with E-state index in [2.05, 4.69) is 0 Å². The topological polar surface area (TPSA) is 114 Å². The van der Waals surface area contributed by atoms with E-state index in [-0.39, 0.29) is 14.9 Å². The Balaban J connectivity index is 1.86. The third-order valence-electron chi connectivity index (χ3n) is 3.75. The smallest absolute Gasteiger partial charge is 0.323 e. The average Bonchev–Trinajstić information content (AvgIpc) is 3.15. The summed E-state index contributed by atoms with van der Waals surface area (Å²) in [6, 6.07) is 7.79. The molecular formula is C17H12N2O6S2. The Hall–Kier alpha value is -2.98. The highest BCUT2D eigenvalue weighted by atomic mass is 32.2. The Kier molecular flexibility index (Phi) is 5.10. The molecule has 3 rings (SSSR count). The quantitative estimate of drug-likeness (QED) is 0.349. The van der Waals surface area contributed by atoms with Crippen molar-refractivity contribution in [3.05, 3.63) is 56.7 Å². The van der Waals surface area contributed by atoms with Crippen LogP contribution >= 0.6 is 24.0 Å². The Morgan fingerprint density at radius 3 is 2.78 bits per heavy atom. The van der Waals surface area contributed by atoms with E-state index in [9.17, 15) is 19.7 Å². The first-order valence-electron chi connectivity index (χ1n) is 7.58. The van der Waals surface area contributed by atoms with E-state index in [0.717, 1.165) is 16.7 Å². The number of hydrogen-bond acceptors (Lipinski definition) is 7. The molecule has 1 aliphatic heterocycles. The number of carbonyl (C=O) groups is 2. The Labute approximate surface area is 162 Å². The van der Waals surface area contributed by atoms with Gasteiger partial charge in [0.2, 0.25) is 0 Å². The van der Waals surface area contributed by atoms with Crippen molar-refractivity contribution in [2.24, 2.45) is 0 Å². The number of aliphatic carboxylic acids is 1. The highest BCUT2D eigenvalue weighted by Gasteiger charge is 2.33. The number of furan rings is 1. The molecule has 0 bridgehead atoms. The van der Waals surface area contributed by atoms with Crippen LogP contribution in [0.4, 0.5) is 5.69 Å². The predicted octanol–water partition coefficient (Wildman–Crippen LogP) is 3.45. The number of amides is 1. The van der Waals surface area contributed by atoms with Crippen LogP contribution in [0.3, 0.4) is 0 Å². The number of nitro benzene ring substituents is 1. The number of carboxylic acids is 1. The fraction of sp³-hybridized carbons (Fsp3) is 0.118. The van der Waals surface area contributed by atoms with Gasteiger partial charge in [-0.1, -0.05) is 24.0 Å². The minimum atomic E-state index is -1.15. The maximum Gasteiger partial charge on any atom is 0.323 e. The van der Waals surface area contributed by atoms with Crippen molar-refractivity contribution in [1.29, 1.82) is 0 Å². The number of thiocarbonyl (C=S) groups is 1. The zero-order chi connectivity index (χ0) is 19.7. The van der Waals surface area contributed by atoms with E-state index in [1.54, 1.807) is 25.1 Å². The number of nitro groups is 1. The van der Waals surface area contributed by atoms with E-state index >= 15 is 0 Å². The maximum atomic E-state index is 12.3.